The van der Waals surface area contributed by atoms with Crippen LogP contribution in [0, 0.1) is 19.7 Å². The van der Waals surface area contributed by atoms with Crippen LogP contribution in [0.2, 0.25) is 0 Å². The van der Waals surface area contributed by atoms with Gasteiger partial charge in [0.2, 0.25) is 0 Å². The highest BCUT2D eigenvalue weighted by molar-refractivity contribution is 5.91. The zero-order valence-electron chi connectivity index (χ0n) is 15.7. The van der Waals surface area contributed by atoms with Crippen LogP contribution in [-0.4, -0.2) is 24.7 Å². The van der Waals surface area contributed by atoms with Gasteiger partial charge in [-0.15, -0.1) is 0 Å². The fourth-order valence-corrected chi connectivity index (χ4v) is 2.87. The number of amides is 1. The summed E-state index contributed by atoms with van der Waals surface area (Å²) >= 11 is 0. The number of benzene rings is 2. The number of carbonyl (C=O) groups excluding carboxylic acids is 1. The summed E-state index contributed by atoms with van der Waals surface area (Å²) in [6.45, 7) is 4.79. The molecule has 0 spiro atoms. The summed E-state index contributed by atoms with van der Waals surface area (Å²) in [6.07, 6.45) is 0. The number of halogens is 1. The first kappa shape index (κ1) is 18.8. The molecule has 1 heterocycles. The number of rotatable bonds is 6. The number of aromatic nitrogens is 1. The largest absolute Gasteiger partial charge is 0.356 e. The second kappa shape index (κ2) is 8.14. The minimum atomic E-state index is -0.292. The molecular formula is C21H23FN3O2+. The van der Waals surface area contributed by atoms with E-state index in [0.29, 0.717) is 18.8 Å². The fraction of sp³-hybridized carbons (Fsp3) is 0.238. The Morgan fingerprint density at radius 2 is 1.78 bits per heavy atom. The van der Waals surface area contributed by atoms with E-state index in [-0.39, 0.29) is 11.7 Å². The molecule has 2 aromatic carbocycles. The van der Waals surface area contributed by atoms with Crippen molar-refractivity contribution in [2.45, 2.75) is 20.4 Å². The van der Waals surface area contributed by atoms with Gasteiger partial charge in [0.05, 0.1) is 7.05 Å². The molecule has 3 aromatic rings. The molecule has 3 rings (SSSR count). The van der Waals surface area contributed by atoms with Gasteiger partial charge in [-0.3, -0.25) is 4.79 Å². The maximum Gasteiger partial charge on any atom is 0.279 e. The molecule has 27 heavy (non-hydrogen) atoms. The Balaban J connectivity index is 1.60. The molecule has 0 saturated heterocycles. The van der Waals surface area contributed by atoms with Gasteiger partial charge in [0.25, 0.3) is 5.91 Å². The molecule has 1 unspecified atom stereocenters. The van der Waals surface area contributed by atoms with Crippen molar-refractivity contribution < 1.29 is 18.6 Å². The normalized spacial score (nSPS) is 12.0. The first-order valence-electron chi connectivity index (χ1n) is 8.81. The van der Waals surface area contributed by atoms with Gasteiger partial charge in [0.1, 0.15) is 18.1 Å². The highest BCUT2D eigenvalue weighted by Gasteiger charge is 2.18. The quantitative estimate of drug-likeness (QED) is 0.703. The van der Waals surface area contributed by atoms with Gasteiger partial charge >= 0.3 is 0 Å². The van der Waals surface area contributed by atoms with Gasteiger partial charge < -0.3 is 14.7 Å². The number of carbonyl (C=O) groups is 1. The third-order valence-electron chi connectivity index (χ3n) is 4.39. The predicted octanol–water partition coefficient (Wildman–Crippen LogP) is 2.75. The van der Waals surface area contributed by atoms with Crippen LogP contribution in [0.3, 0.4) is 0 Å². The molecular weight excluding hydrogens is 345 g/mol. The Kier molecular flexibility index (Phi) is 5.66. The molecule has 0 bridgehead atoms. The fourth-order valence-electron chi connectivity index (χ4n) is 2.87. The molecule has 140 valence electrons. The smallest absolute Gasteiger partial charge is 0.279 e. The van der Waals surface area contributed by atoms with E-state index in [1.54, 1.807) is 12.1 Å². The maximum absolute atomic E-state index is 13.1. The van der Waals surface area contributed by atoms with Crippen molar-refractivity contribution in [3.8, 4) is 11.3 Å². The Morgan fingerprint density at radius 3 is 2.44 bits per heavy atom. The highest BCUT2D eigenvalue weighted by atomic mass is 19.1. The summed E-state index contributed by atoms with van der Waals surface area (Å²) in [4.78, 5) is 13.2. The van der Waals surface area contributed by atoms with Crippen LogP contribution in [0.1, 0.15) is 16.8 Å². The molecule has 0 radical (unpaired) electrons. The van der Waals surface area contributed by atoms with Gasteiger partial charge in [-0.1, -0.05) is 22.9 Å². The van der Waals surface area contributed by atoms with Crippen molar-refractivity contribution in [1.82, 2.24) is 5.16 Å². The van der Waals surface area contributed by atoms with Crippen LogP contribution < -0.4 is 10.2 Å². The van der Waals surface area contributed by atoms with Gasteiger partial charge in [-0.25, -0.2) is 4.39 Å². The van der Waals surface area contributed by atoms with Crippen molar-refractivity contribution in [3.63, 3.8) is 0 Å². The number of nitrogens with zero attached hydrogens (tertiary/aromatic N) is 1. The Morgan fingerprint density at radius 1 is 1.11 bits per heavy atom. The second-order valence-electron chi connectivity index (χ2n) is 6.82. The lowest BCUT2D eigenvalue weighted by molar-refractivity contribution is -0.885. The Labute approximate surface area is 157 Å². The summed E-state index contributed by atoms with van der Waals surface area (Å²) < 4.78 is 18.5. The van der Waals surface area contributed by atoms with Crippen LogP contribution in [0.5, 0.6) is 0 Å². The van der Waals surface area contributed by atoms with Crippen LogP contribution >= 0.6 is 0 Å². The van der Waals surface area contributed by atoms with Crippen LogP contribution in [0.15, 0.2) is 53.1 Å². The van der Waals surface area contributed by atoms with Crippen LogP contribution in [-0.2, 0) is 11.3 Å². The number of likely N-dealkylation sites (N-methyl/N-ethyl adjacent to an activating group) is 1. The van der Waals surface area contributed by atoms with Crippen molar-refractivity contribution in [2.75, 3.05) is 18.9 Å². The predicted molar refractivity (Wildman–Crippen MR) is 102 cm³/mol. The average molecular weight is 368 g/mol. The molecule has 1 atom stereocenters. The summed E-state index contributed by atoms with van der Waals surface area (Å²) in [6, 6.07) is 13.8. The molecule has 0 saturated carbocycles. The van der Waals surface area contributed by atoms with Gasteiger partial charge in [0, 0.05) is 16.8 Å². The van der Waals surface area contributed by atoms with E-state index in [9.17, 15) is 9.18 Å². The molecule has 0 aliphatic carbocycles. The van der Waals surface area contributed by atoms with E-state index in [0.717, 1.165) is 33.0 Å². The van der Waals surface area contributed by atoms with E-state index >= 15 is 0 Å². The SMILES string of the molecule is Cc1ccc(NC(=O)C[NH+](C)Cc2noc(-c3ccc(F)cc3)c2C)cc1. The summed E-state index contributed by atoms with van der Waals surface area (Å²) in [7, 11) is 1.93. The number of quaternary nitrogens is 1. The molecule has 1 amide bonds. The van der Waals surface area contributed by atoms with E-state index < -0.39 is 0 Å². The Bertz CT molecular complexity index is 918. The monoisotopic (exact) mass is 368 g/mol. The van der Waals surface area contributed by atoms with Gasteiger partial charge in [0.15, 0.2) is 12.3 Å². The van der Waals surface area contributed by atoms with E-state index in [4.69, 9.17) is 4.52 Å². The van der Waals surface area contributed by atoms with Crippen molar-refractivity contribution in [3.05, 3.63) is 71.2 Å². The van der Waals surface area contributed by atoms with Gasteiger partial charge in [-0.2, -0.15) is 0 Å². The standard InChI is InChI=1S/C21H22FN3O2/c1-14-4-10-18(11-5-14)23-20(26)13-25(3)12-19-15(2)21(27-24-19)16-6-8-17(22)9-7-16/h4-11H,12-13H2,1-3H3,(H,23,26)/p+1. The van der Waals surface area contributed by atoms with E-state index in [1.807, 2.05) is 45.2 Å². The van der Waals surface area contributed by atoms with Gasteiger partial charge in [-0.05, 0) is 50.2 Å². The topological polar surface area (TPSA) is 59.6 Å². The molecule has 0 aliphatic rings. The molecule has 0 fully saturated rings. The number of hydrogen-bond acceptors (Lipinski definition) is 3. The van der Waals surface area contributed by atoms with E-state index in [1.165, 1.54) is 12.1 Å². The summed E-state index contributed by atoms with van der Waals surface area (Å²) in [5, 5.41) is 7.03. The molecule has 2 N–H and O–H groups in total. The summed E-state index contributed by atoms with van der Waals surface area (Å²) in [5.41, 5.74) is 4.40. The zero-order chi connectivity index (χ0) is 19.4. The lowest BCUT2D eigenvalue weighted by atomic mass is 10.1. The lowest BCUT2D eigenvalue weighted by Gasteiger charge is -2.13. The summed E-state index contributed by atoms with van der Waals surface area (Å²) in [5.74, 6) is 0.276. The number of aryl methyl sites for hydroxylation is 1. The van der Waals surface area contributed by atoms with Crippen LogP contribution in [0.25, 0.3) is 11.3 Å². The number of hydrogen-bond donors (Lipinski definition) is 2. The lowest BCUT2D eigenvalue weighted by Crippen LogP contribution is -3.08. The van der Waals surface area contributed by atoms with Crippen molar-refractivity contribution >= 4 is 11.6 Å². The third-order valence-corrected chi connectivity index (χ3v) is 4.39. The van der Waals surface area contributed by atoms with Crippen molar-refractivity contribution in [1.29, 1.82) is 0 Å². The Hall–Kier alpha value is -2.99. The third kappa shape index (κ3) is 4.80. The highest BCUT2D eigenvalue weighted by Crippen LogP contribution is 2.25. The first-order chi connectivity index (χ1) is 12.9. The first-order valence-corrected chi connectivity index (χ1v) is 8.81. The van der Waals surface area contributed by atoms with Crippen molar-refractivity contribution in [2.24, 2.45) is 0 Å². The number of anilines is 1. The average Bonchev–Trinajstić information content (AvgIpc) is 2.98. The minimum Gasteiger partial charge on any atom is -0.356 e. The van der Waals surface area contributed by atoms with E-state index in [2.05, 4.69) is 10.5 Å². The zero-order valence-corrected chi connectivity index (χ0v) is 15.7. The molecule has 1 aromatic heterocycles. The maximum atomic E-state index is 13.1. The second-order valence-corrected chi connectivity index (χ2v) is 6.82. The minimum absolute atomic E-state index is 0.0590. The molecule has 6 heteroatoms. The molecule has 5 nitrogen and oxygen atoms in total. The van der Waals surface area contributed by atoms with Crippen LogP contribution in [0.4, 0.5) is 10.1 Å². The molecule has 0 aliphatic heterocycles. The number of nitrogens with one attached hydrogen (secondary N) is 2.